The lowest BCUT2D eigenvalue weighted by atomic mass is 9.73. The summed E-state index contributed by atoms with van der Waals surface area (Å²) in [4.78, 5) is 11.9. The number of carbonyl (C=O) groups excluding carboxylic acids is 1. The molecular weight excluding hydrogens is 220 g/mol. The number of hydrogen-bond acceptors (Lipinski definition) is 5. The van der Waals surface area contributed by atoms with Gasteiger partial charge in [0.05, 0.1) is 24.7 Å². The van der Waals surface area contributed by atoms with Gasteiger partial charge in [0.2, 0.25) is 0 Å². The monoisotopic (exact) mass is 242 g/mol. The first-order valence-corrected chi connectivity index (χ1v) is 5.89. The van der Waals surface area contributed by atoms with E-state index in [1.807, 2.05) is 13.0 Å². The molecule has 0 heterocycles. The number of aliphatic hydroxyl groups is 1. The largest absolute Gasteiger partial charge is 0.469 e. The molecule has 3 N–H and O–H groups in total. The molecule has 3 unspecified atom stereocenters. The number of ether oxygens (including phenoxy) is 1. The van der Waals surface area contributed by atoms with E-state index < -0.39 is 23.5 Å². The second-order valence-electron chi connectivity index (χ2n) is 4.18. The average molecular weight is 242 g/mol. The zero-order valence-electron chi connectivity index (χ0n) is 10.8. The highest BCUT2D eigenvalue weighted by molar-refractivity contribution is 5.77. The normalized spacial score (nSPS) is 17.6. The van der Waals surface area contributed by atoms with Crippen LogP contribution < -0.4 is 5.73 Å². The molecule has 98 valence electrons. The molecule has 5 nitrogen and oxygen atoms in total. The summed E-state index contributed by atoms with van der Waals surface area (Å²) in [5.41, 5.74) is 4.73. The summed E-state index contributed by atoms with van der Waals surface area (Å²) in [7, 11) is 1.28. The van der Waals surface area contributed by atoms with E-state index in [1.165, 1.54) is 7.11 Å². The van der Waals surface area contributed by atoms with E-state index in [9.17, 15) is 9.90 Å². The Hall–Kier alpha value is -1.12. The van der Waals surface area contributed by atoms with Crippen molar-refractivity contribution in [3.63, 3.8) is 0 Å². The van der Waals surface area contributed by atoms with Crippen molar-refractivity contribution in [3.8, 4) is 6.07 Å². The van der Waals surface area contributed by atoms with Gasteiger partial charge in [0.15, 0.2) is 0 Å². The smallest absolute Gasteiger partial charge is 0.314 e. The van der Waals surface area contributed by atoms with Crippen molar-refractivity contribution in [1.82, 2.24) is 0 Å². The van der Waals surface area contributed by atoms with Crippen LogP contribution in [0.15, 0.2) is 0 Å². The Morgan fingerprint density at radius 1 is 1.59 bits per heavy atom. The molecule has 5 heteroatoms. The summed E-state index contributed by atoms with van der Waals surface area (Å²) in [6.07, 6.45) is 0.430. The molecule has 0 amide bonds. The Morgan fingerprint density at radius 2 is 2.18 bits per heavy atom. The Balaban J connectivity index is 5.17. The van der Waals surface area contributed by atoms with Gasteiger partial charge in [0.25, 0.3) is 0 Å². The molecule has 0 radical (unpaired) electrons. The van der Waals surface area contributed by atoms with Crippen molar-refractivity contribution in [2.24, 2.45) is 11.1 Å². The van der Waals surface area contributed by atoms with Crippen LogP contribution in [-0.2, 0) is 9.53 Å². The van der Waals surface area contributed by atoms with Crippen LogP contribution in [-0.4, -0.2) is 30.3 Å². The van der Waals surface area contributed by atoms with Gasteiger partial charge >= 0.3 is 5.97 Å². The maximum absolute atomic E-state index is 11.9. The fourth-order valence-corrected chi connectivity index (χ4v) is 2.02. The van der Waals surface area contributed by atoms with Gasteiger partial charge in [-0.05, 0) is 19.3 Å². The third kappa shape index (κ3) is 3.42. The van der Waals surface area contributed by atoms with Crippen LogP contribution in [0.3, 0.4) is 0 Å². The minimum Gasteiger partial charge on any atom is -0.469 e. The molecule has 0 aliphatic rings. The lowest BCUT2D eigenvalue weighted by Gasteiger charge is -2.36. The van der Waals surface area contributed by atoms with Crippen molar-refractivity contribution in [2.75, 3.05) is 7.11 Å². The summed E-state index contributed by atoms with van der Waals surface area (Å²) in [6, 6.07) is 1.50. The lowest BCUT2D eigenvalue weighted by Crippen LogP contribution is -2.51. The number of hydrogen-bond donors (Lipinski definition) is 2. The first kappa shape index (κ1) is 15.9. The van der Waals surface area contributed by atoms with Gasteiger partial charge in [-0.1, -0.05) is 13.8 Å². The fourth-order valence-electron chi connectivity index (χ4n) is 2.02. The number of nitriles is 1. The number of carbonyl (C=O) groups is 1. The van der Waals surface area contributed by atoms with E-state index in [4.69, 9.17) is 15.7 Å². The number of methoxy groups -OCH3 is 1. The Kier molecular flexibility index (Phi) is 6.78. The van der Waals surface area contributed by atoms with E-state index in [1.54, 1.807) is 6.92 Å². The summed E-state index contributed by atoms with van der Waals surface area (Å²) in [5, 5.41) is 18.9. The molecule has 3 atom stereocenters. The van der Waals surface area contributed by atoms with E-state index in [0.29, 0.717) is 12.8 Å². The van der Waals surface area contributed by atoms with Crippen LogP contribution in [0.4, 0.5) is 0 Å². The van der Waals surface area contributed by atoms with E-state index in [2.05, 4.69) is 0 Å². The number of nitrogens with zero attached hydrogens (tertiary/aromatic N) is 1. The predicted octanol–water partition coefficient (Wildman–Crippen LogP) is 0.958. The third-order valence-corrected chi connectivity index (χ3v) is 3.35. The van der Waals surface area contributed by atoms with E-state index in [-0.39, 0.29) is 12.8 Å². The second-order valence-corrected chi connectivity index (χ2v) is 4.18. The molecule has 0 aromatic carbocycles. The first-order valence-electron chi connectivity index (χ1n) is 5.89. The molecule has 0 aliphatic heterocycles. The highest BCUT2D eigenvalue weighted by Gasteiger charge is 2.46. The summed E-state index contributed by atoms with van der Waals surface area (Å²) < 4.78 is 4.76. The van der Waals surface area contributed by atoms with Crippen LogP contribution in [0.25, 0.3) is 0 Å². The highest BCUT2D eigenvalue weighted by Crippen LogP contribution is 2.35. The average Bonchev–Trinajstić information content (AvgIpc) is 2.38. The third-order valence-electron chi connectivity index (χ3n) is 3.35. The van der Waals surface area contributed by atoms with Crippen LogP contribution in [0.1, 0.15) is 39.5 Å². The van der Waals surface area contributed by atoms with Crippen molar-refractivity contribution in [2.45, 2.75) is 51.7 Å². The Morgan fingerprint density at radius 3 is 2.53 bits per heavy atom. The molecular formula is C12H22N2O3. The molecule has 0 spiro atoms. The van der Waals surface area contributed by atoms with Crippen LogP contribution in [0, 0.1) is 16.7 Å². The zero-order valence-corrected chi connectivity index (χ0v) is 10.8. The number of esters is 1. The topological polar surface area (TPSA) is 96.3 Å². The van der Waals surface area contributed by atoms with Gasteiger partial charge < -0.3 is 15.6 Å². The van der Waals surface area contributed by atoms with Crippen molar-refractivity contribution in [3.05, 3.63) is 0 Å². The maximum Gasteiger partial charge on any atom is 0.314 e. The van der Waals surface area contributed by atoms with E-state index in [0.717, 1.165) is 0 Å². The predicted molar refractivity (Wildman–Crippen MR) is 63.9 cm³/mol. The Bertz CT molecular complexity index is 288. The summed E-state index contributed by atoms with van der Waals surface area (Å²) in [5.74, 6) is -0.494. The van der Waals surface area contributed by atoms with Gasteiger partial charge in [-0.3, -0.25) is 4.79 Å². The standard InChI is InChI=1S/C12H22N2O3/c1-4-9(14)10(15)12(5-2,7-6-8-13)11(16)17-3/h9-10,15H,4-7,14H2,1-3H3. The van der Waals surface area contributed by atoms with Crippen LogP contribution in [0.5, 0.6) is 0 Å². The van der Waals surface area contributed by atoms with Crippen molar-refractivity contribution in [1.29, 1.82) is 5.26 Å². The lowest BCUT2D eigenvalue weighted by molar-refractivity contribution is -0.163. The number of aliphatic hydroxyl groups excluding tert-OH is 1. The SMILES string of the molecule is CCC(N)C(O)C(CC)(CCC#N)C(=O)OC. The molecule has 0 aliphatic carbocycles. The highest BCUT2D eigenvalue weighted by atomic mass is 16.5. The second kappa shape index (κ2) is 7.25. The fraction of sp³-hybridized carbons (Fsp3) is 0.833. The van der Waals surface area contributed by atoms with E-state index >= 15 is 0 Å². The maximum atomic E-state index is 11.9. The van der Waals surface area contributed by atoms with Crippen LogP contribution in [0.2, 0.25) is 0 Å². The molecule has 0 saturated carbocycles. The minimum absolute atomic E-state index is 0.191. The van der Waals surface area contributed by atoms with Crippen molar-refractivity contribution >= 4 is 5.97 Å². The van der Waals surface area contributed by atoms with Crippen molar-refractivity contribution < 1.29 is 14.6 Å². The Labute approximate surface area is 103 Å². The minimum atomic E-state index is -1.07. The molecule has 0 aromatic rings. The van der Waals surface area contributed by atoms with Gasteiger partial charge in [-0.2, -0.15) is 5.26 Å². The molecule has 0 bridgehead atoms. The molecule has 17 heavy (non-hydrogen) atoms. The van der Waals surface area contributed by atoms with Crippen LogP contribution >= 0.6 is 0 Å². The zero-order chi connectivity index (χ0) is 13.5. The van der Waals surface area contributed by atoms with Gasteiger partial charge in [-0.15, -0.1) is 0 Å². The van der Waals surface area contributed by atoms with Gasteiger partial charge in [0.1, 0.15) is 0 Å². The summed E-state index contributed by atoms with van der Waals surface area (Å²) in [6.45, 7) is 3.63. The first-order chi connectivity index (χ1) is 7.99. The van der Waals surface area contributed by atoms with Gasteiger partial charge in [-0.25, -0.2) is 0 Å². The molecule has 0 aromatic heterocycles. The molecule has 0 saturated heterocycles. The quantitative estimate of drug-likeness (QED) is 0.648. The number of nitrogens with two attached hydrogens (primary N) is 1. The molecule has 0 rings (SSSR count). The molecule has 0 fully saturated rings. The number of rotatable bonds is 7. The summed E-state index contributed by atoms with van der Waals surface area (Å²) >= 11 is 0. The van der Waals surface area contributed by atoms with Gasteiger partial charge in [0, 0.05) is 12.5 Å².